The minimum Gasteiger partial charge on any atom is -0.480 e. The molecule has 0 spiro atoms. The van der Waals surface area contributed by atoms with Gasteiger partial charge in [0.25, 0.3) is 0 Å². The molecule has 1 atom stereocenters. The fourth-order valence-electron chi connectivity index (χ4n) is 2.49. The smallest absolute Gasteiger partial charge is 0.321 e. The average Bonchev–Trinajstić information content (AvgIpc) is 2.61. The maximum absolute atomic E-state index is 13.2. The van der Waals surface area contributed by atoms with Gasteiger partial charge in [-0.15, -0.1) is 0 Å². The summed E-state index contributed by atoms with van der Waals surface area (Å²) in [5.74, 6) is -1.61. The lowest BCUT2D eigenvalue weighted by Crippen LogP contribution is -2.35. The summed E-state index contributed by atoms with van der Waals surface area (Å²) in [6.07, 6.45) is 1.90. The number of nitrogens with one attached hydrogen (secondary N) is 1. The first-order chi connectivity index (χ1) is 12.4. The molecular weight excluding hydrogens is 356 g/mol. The Hall–Kier alpha value is -1.92. The van der Waals surface area contributed by atoms with Gasteiger partial charge < -0.3 is 10.4 Å². The third-order valence-corrected chi connectivity index (χ3v) is 4.36. The molecule has 0 aliphatic heterocycles. The van der Waals surface area contributed by atoms with Gasteiger partial charge in [-0.05, 0) is 54.3 Å². The number of likely N-dealkylation sites (N-methyl/N-ethyl adjacent to an activating group) is 1. The summed E-state index contributed by atoms with van der Waals surface area (Å²) in [7, 11) is 1.59. The van der Waals surface area contributed by atoms with Crippen molar-refractivity contribution < 1.29 is 18.7 Å². The van der Waals surface area contributed by atoms with Gasteiger partial charge >= 0.3 is 5.97 Å². The summed E-state index contributed by atoms with van der Waals surface area (Å²) in [5.41, 5.74) is 3.98. The van der Waals surface area contributed by atoms with Crippen molar-refractivity contribution in [2.75, 3.05) is 12.8 Å². The normalized spacial score (nSPS) is 11.5. The van der Waals surface area contributed by atoms with Gasteiger partial charge in [-0.2, -0.15) is 12.6 Å². The Kier molecular flexibility index (Phi) is 9.30. The second-order valence-electron chi connectivity index (χ2n) is 5.71. The number of benzene rings is 2. The first kappa shape index (κ1) is 22.1. The Balaban J connectivity index is 0.000000359. The van der Waals surface area contributed by atoms with Crippen molar-refractivity contribution in [3.8, 4) is 11.1 Å². The van der Waals surface area contributed by atoms with Crippen molar-refractivity contribution in [2.45, 2.75) is 32.7 Å². The average molecular weight is 381 g/mol. The van der Waals surface area contributed by atoms with Gasteiger partial charge in [-0.1, -0.05) is 32.0 Å². The number of halogens is 2. The third kappa shape index (κ3) is 6.42. The van der Waals surface area contributed by atoms with Crippen LogP contribution in [0, 0.1) is 11.6 Å². The lowest BCUT2D eigenvalue weighted by molar-refractivity contribution is -0.138. The molecule has 0 saturated heterocycles. The van der Waals surface area contributed by atoms with Crippen molar-refractivity contribution >= 4 is 18.6 Å². The summed E-state index contributed by atoms with van der Waals surface area (Å²) in [5, 5.41) is 10.8. The summed E-state index contributed by atoms with van der Waals surface area (Å²) < 4.78 is 26.4. The van der Waals surface area contributed by atoms with Crippen molar-refractivity contribution in [1.82, 2.24) is 5.32 Å². The summed E-state index contributed by atoms with van der Waals surface area (Å²) in [6.45, 7) is 4.19. The van der Waals surface area contributed by atoms with Crippen molar-refractivity contribution in [3.63, 3.8) is 0 Å². The zero-order valence-corrected chi connectivity index (χ0v) is 16.1. The summed E-state index contributed by atoms with van der Waals surface area (Å²) in [4.78, 5) is 10.1. The van der Waals surface area contributed by atoms with E-state index in [4.69, 9.17) is 5.11 Å². The van der Waals surface area contributed by atoms with E-state index in [-0.39, 0.29) is 0 Å². The SMILES string of the molecule is CCc1ccc(-c2cc(F)cc(F)c2)cc1CC.CN[C@@H](CS)C(=O)O. The third-order valence-electron chi connectivity index (χ3n) is 3.99. The van der Waals surface area contributed by atoms with E-state index in [0.29, 0.717) is 11.3 Å². The predicted molar refractivity (Wildman–Crippen MR) is 105 cm³/mol. The molecule has 0 radical (unpaired) electrons. The maximum atomic E-state index is 13.2. The Morgan fingerprint density at radius 2 is 1.62 bits per heavy atom. The van der Waals surface area contributed by atoms with E-state index in [9.17, 15) is 13.6 Å². The summed E-state index contributed by atoms with van der Waals surface area (Å²) in [6, 6.07) is 9.09. The molecule has 2 rings (SSSR count). The second kappa shape index (κ2) is 10.9. The lowest BCUT2D eigenvalue weighted by atomic mass is 9.96. The molecule has 0 saturated carbocycles. The highest BCUT2D eigenvalue weighted by atomic mass is 32.1. The Labute approximate surface area is 158 Å². The molecule has 0 aliphatic rings. The topological polar surface area (TPSA) is 49.3 Å². The molecule has 26 heavy (non-hydrogen) atoms. The van der Waals surface area contributed by atoms with Crippen LogP contribution in [0.1, 0.15) is 25.0 Å². The van der Waals surface area contributed by atoms with E-state index in [1.54, 1.807) is 7.05 Å². The molecule has 0 heterocycles. The number of carbonyl (C=O) groups is 1. The van der Waals surface area contributed by atoms with Crippen LogP contribution < -0.4 is 5.32 Å². The van der Waals surface area contributed by atoms with Crippen molar-refractivity contribution in [2.24, 2.45) is 0 Å². The number of hydrogen-bond donors (Lipinski definition) is 3. The molecule has 2 aromatic carbocycles. The molecule has 0 fully saturated rings. The lowest BCUT2D eigenvalue weighted by Gasteiger charge is -2.09. The molecule has 0 aromatic heterocycles. The van der Waals surface area contributed by atoms with E-state index in [1.807, 2.05) is 18.2 Å². The zero-order chi connectivity index (χ0) is 19.7. The van der Waals surface area contributed by atoms with Gasteiger partial charge in [0.05, 0.1) is 0 Å². The van der Waals surface area contributed by atoms with Gasteiger partial charge in [0, 0.05) is 11.8 Å². The summed E-state index contributed by atoms with van der Waals surface area (Å²) >= 11 is 3.79. The number of aryl methyl sites for hydroxylation is 2. The fraction of sp³-hybridized carbons (Fsp3) is 0.350. The van der Waals surface area contributed by atoms with E-state index in [2.05, 4.69) is 31.8 Å². The molecule has 0 amide bonds. The van der Waals surface area contributed by atoms with E-state index in [0.717, 1.165) is 24.5 Å². The number of rotatable bonds is 6. The Morgan fingerprint density at radius 3 is 2.00 bits per heavy atom. The molecule has 6 heteroatoms. The molecule has 142 valence electrons. The zero-order valence-electron chi connectivity index (χ0n) is 15.2. The number of carboxylic acid groups (broad SMARTS) is 1. The fourth-order valence-corrected chi connectivity index (χ4v) is 2.83. The quantitative estimate of drug-likeness (QED) is 0.652. The van der Waals surface area contributed by atoms with Crippen LogP contribution in [0.3, 0.4) is 0 Å². The monoisotopic (exact) mass is 381 g/mol. The predicted octanol–water partition coefficient (Wildman–Crippen LogP) is 4.35. The van der Waals surface area contributed by atoms with Crippen LogP contribution in [0.4, 0.5) is 8.78 Å². The van der Waals surface area contributed by atoms with Crippen LogP contribution in [-0.4, -0.2) is 29.9 Å². The number of aliphatic carboxylic acids is 1. The molecule has 2 aromatic rings. The molecule has 2 N–H and O–H groups in total. The second-order valence-corrected chi connectivity index (χ2v) is 6.08. The van der Waals surface area contributed by atoms with Crippen LogP contribution >= 0.6 is 12.6 Å². The Bertz CT molecular complexity index is 713. The minimum absolute atomic E-state index is 0.325. The minimum atomic E-state index is -0.859. The number of hydrogen-bond acceptors (Lipinski definition) is 3. The maximum Gasteiger partial charge on any atom is 0.321 e. The molecule has 0 bridgehead atoms. The Morgan fingerprint density at radius 1 is 1.04 bits per heavy atom. The van der Waals surface area contributed by atoms with Gasteiger partial charge in [-0.25, -0.2) is 8.78 Å². The van der Waals surface area contributed by atoms with E-state index >= 15 is 0 Å². The van der Waals surface area contributed by atoms with Crippen molar-refractivity contribution in [3.05, 3.63) is 59.2 Å². The van der Waals surface area contributed by atoms with Gasteiger partial charge in [0.1, 0.15) is 17.7 Å². The number of carboxylic acids is 1. The molecule has 3 nitrogen and oxygen atoms in total. The highest BCUT2D eigenvalue weighted by Gasteiger charge is 2.10. The molecular formula is C20H25F2NO2S. The van der Waals surface area contributed by atoms with Crippen LogP contribution in [0.2, 0.25) is 0 Å². The van der Waals surface area contributed by atoms with Gasteiger partial charge in [-0.3, -0.25) is 4.79 Å². The van der Waals surface area contributed by atoms with Crippen molar-refractivity contribution in [1.29, 1.82) is 0 Å². The van der Waals surface area contributed by atoms with E-state index in [1.165, 1.54) is 23.3 Å². The van der Waals surface area contributed by atoms with E-state index < -0.39 is 23.6 Å². The largest absolute Gasteiger partial charge is 0.480 e. The van der Waals surface area contributed by atoms with Gasteiger partial charge in [0.15, 0.2) is 0 Å². The van der Waals surface area contributed by atoms with Crippen LogP contribution in [0.5, 0.6) is 0 Å². The van der Waals surface area contributed by atoms with Crippen LogP contribution in [-0.2, 0) is 17.6 Å². The first-order valence-corrected chi connectivity index (χ1v) is 9.08. The number of thiol groups is 1. The highest BCUT2D eigenvalue weighted by molar-refractivity contribution is 7.80. The molecule has 0 aliphatic carbocycles. The standard InChI is InChI=1S/C16H16F2.C4H9NO2S/c1-3-11-5-6-13(7-12(11)4-2)14-8-15(17)10-16(18)9-14;1-5-3(2-8)4(6)7/h5-10H,3-4H2,1-2H3;3,5,8H,2H2,1H3,(H,6,7)/t;3-/m.0/s1. The molecule has 0 unspecified atom stereocenters. The van der Waals surface area contributed by atoms with Crippen LogP contribution in [0.25, 0.3) is 11.1 Å². The first-order valence-electron chi connectivity index (χ1n) is 8.45. The van der Waals surface area contributed by atoms with Crippen LogP contribution in [0.15, 0.2) is 36.4 Å². The van der Waals surface area contributed by atoms with Gasteiger partial charge in [0.2, 0.25) is 0 Å². The highest BCUT2D eigenvalue weighted by Crippen LogP contribution is 2.25.